The van der Waals surface area contributed by atoms with Crippen molar-refractivity contribution >= 4 is 22.9 Å². The van der Waals surface area contributed by atoms with Gasteiger partial charge in [-0.3, -0.25) is 0 Å². The molecule has 0 amide bonds. The maximum atomic E-state index is 12.7. The van der Waals surface area contributed by atoms with Crippen molar-refractivity contribution < 1.29 is 17.6 Å². The summed E-state index contributed by atoms with van der Waals surface area (Å²) in [6.07, 6.45) is -4.47. The second kappa shape index (κ2) is 5.19. The van der Waals surface area contributed by atoms with Crippen molar-refractivity contribution in [3.63, 3.8) is 0 Å². The van der Waals surface area contributed by atoms with E-state index in [4.69, 9.17) is 10.2 Å². The molecule has 1 aromatic carbocycles. The van der Waals surface area contributed by atoms with E-state index in [-0.39, 0.29) is 18.2 Å². The van der Waals surface area contributed by atoms with Crippen LogP contribution in [0.4, 0.5) is 13.2 Å². The number of benzene rings is 1. The number of nitrogens with zero attached hydrogens (tertiary/aromatic N) is 1. The zero-order chi connectivity index (χ0) is 13.2. The van der Waals surface area contributed by atoms with E-state index in [0.717, 1.165) is 0 Å². The summed E-state index contributed by atoms with van der Waals surface area (Å²) in [5.41, 5.74) is 6.22. The molecule has 0 saturated carbocycles. The molecule has 1 aromatic heterocycles. The van der Waals surface area contributed by atoms with Crippen LogP contribution in [0.2, 0.25) is 0 Å². The zero-order valence-electron chi connectivity index (χ0n) is 9.28. The highest BCUT2D eigenvalue weighted by molar-refractivity contribution is 7.99. The summed E-state index contributed by atoms with van der Waals surface area (Å²) in [4.78, 5) is 4.00. The number of oxazole rings is 1. The van der Waals surface area contributed by atoms with Gasteiger partial charge in [-0.1, -0.05) is 23.9 Å². The van der Waals surface area contributed by atoms with Gasteiger partial charge in [0.25, 0.3) is 5.22 Å². The fourth-order valence-electron chi connectivity index (χ4n) is 1.46. The zero-order valence-corrected chi connectivity index (χ0v) is 10.1. The molecule has 0 bridgehead atoms. The molecule has 98 valence electrons. The lowest BCUT2D eigenvalue weighted by molar-refractivity contribution is -0.129. The minimum atomic E-state index is -4.31. The molecule has 0 radical (unpaired) electrons. The van der Waals surface area contributed by atoms with Crippen LogP contribution in [0.1, 0.15) is 6.42 Å². The molecule has 0 aliphatic heterocycles. The normalized spacial score (nSPS) is 14.0. The number of para-hydroxylation sites is 2. The monoisotopic (exact) mass is 276 g/mol. The van der Waals surface area contributed by atoms with E-state index in [0.29, 0.717) is 22.9 Å². The first kappa shape index (κ1) is 13.2. The van der Waals surface area contributed by atoms with Crippen molar-refractivity contribution in [3.05, 3.63) is 24.3 Å². The Labute approximate surface area is 106 Å². The number of hydrogen-bond acceptors (Lipinski definition) is 4. The molecule has 3 nitrogen and oxygen atoms in total. The average Bonchev–Trinajstić information content (AvgIpc) is 2.69. The number of nitrogens with two attached hydrogens (primary N) is 1. The Morgan fingerprint density at radius 1 is 1.33 bits per heavy atom. The molecular formula is C11H11F3N2OS. The standard InChI is InChI=1S/C11H11F3N2OS/c12-11(13,14)9(5-6-15)18-10-16-7-3-1-2-4-8(7)17-10/h1-4,9H,5-6,15H2. The molecule has 2 N–H and O–H groups in total. The Morgan fingerprint density at radius 3 is 2.67 bits per heavy atom. The summed E-state index contributed by atoms with van der Waals surface area (Å²) >= 11 is 0.563. The highest BCUT2D eigenvalue weighted by Gasteiger charge is 2.40. The van der Waals surface area contributed by atoms with Gasteiger partial charge in [0, 0.05) is 0 Å². The summed E-state index contributed by atoms with van der Waals surface area (Å²) < 4.78 is 43.4. The van der Waals surface area contributed by atoms with Gasteiger partial charge in [0.2, 0.25) is 0 Å². The topological polar surface area (TPSA) is 52.0 Å². The Balaban J connectivity index is 2.20. The maximum absolute atomic E-state index is 12.7. The molecule has 1 unspecified atom stereocenters. The molecule has 0 fully saturated rings. The lowest BCUT2D eigenvalue weighted by Crippen LogP contribution is -2.28. The summed E-state index contributed by atoms with van der Waals surface area (Å²) in [5.74, 6) is 0. The Morgan fingerprint density at radius 2 is 2.06 bits per heavy atom. The SMILES string of the molecule is NCCC(Sc1nc2ccccc2o1)C(F)(F)F. The molecular weight excluding hydrogens is 265 g/mol. The minimum absolute atomic E-state index is 0.0203. The summed E-state index contributed by atoms with van der Waals surface area (Å²) in [5, 5.41) is -1.57. The number of alkyl halides is 3. The largest absolute Gasteiger partial charge is 0.431 e. The molecule has 0 saturated heterocycles. The predicted octanol–water partition coefficient (Wildman–Crippen LogP) is 3.20. The third kappa shape index (κ3) is 2.97. The number of thioether (sulfide) groups is 1. The first-order valence-electron chi connectivity index (χ1n) is 5.29. The molecule has 0 spiro atoms. The highest BCUT2D eigenvalue weighted by Crippen LogP contribution is 2.37. The minimum Gasteiger partial charge on any atom is -0.431 e. The van der Waals surface area contributed by atoms with Crippen LogP contribution in [0.15, 0.2) is 33.9 Å². The van der Waals surface area contributed by atoms with Crippen LogP contribution in [-0.4, -0.2) is 23.0 Å². The summed E-state index contributed by atoms with van der Waals surface area (Å²) in [6.45, 7) is -0.0304. The average molecular weight is 276 g/mol. The van der Waals surface area contributed by atoms with Crippen molar-refractivity contribution in [2.75, 3.05) is 6.54 Å². The lowest BCUT2D eigenvalue weighted by atomic mass is 10.3. The van der Waals surface area contributed by atoms with Gasteiger partial charge < -0.3 is 10.2 Å². The number of rotatable bonds is 4. The summed E-state index contributed by atoms with van der Waals surface area (Å²) in [7, 11) is 0. The van der Waals surface area contributed by atoms with Crippen molar-refractivity contribution in [1.29, 1.82) is 0 Å². The molecule has 2 aromatic rings. The van der Waals surface area contributed by atoms with Gasteiger partial charge >= 0.3 is 6.18 Å². The third-order valence-electron chi connectivity index (χ3n) is 2.31. The fraction of sp³-hybridized carbons (Fsp3) is 0.364. The van der Waals surface area contributed by atoms with Crippen molar-refractivity contribution in [2.24, 2.45) is 5.73 Å². The first-order valence-corrected chi connectivity index (χ1v) is 6.17. The highest BCUT2D eigenvalue weighted by atomic mass is 32.2. The van der Waals surface area contributed by atoms with Gasteiger partial charge in [-0.15, -0.1) is 0 Å². The predicted molar refractivity (Wildman–Crippen MR) is 63.4 cm³/mol. The van der Waals surface area contributed by atoms with Crippen LogP contribution in [0.5, 0.6) is 0 Å². The van der Waals surface area contributed by atoms with E-state index < -0.39 is 11.4 Å². The van der Waals surface area contributed by atoms with Gasteiger partial charge in [-0.25, -0.2) is 4.98 Å². The van der Waals surface area contributed by atoms with E-state index in [2.05, 4.69) is 4.98 Å². The number of fused-ring (bicyclic) bond motifs is 1. The van der Waals surface area contributed by atoms with E-state index in [1.807, 2.05) is 0 Å². The van der Waals surface area contributed by atoms with Gasteiger partial charge in [-0.2, -0.15) is 13.2 Å². The Hall–Kier alpha value is -1.21. The molecule has 0 aliphatic carbocycles. The Bertz CT molecular complexity index is 493. The van der Waals surface area contributed by atoms with Crippen LogP contribution in [-0.2, 0) is 0 Å². The number of halogens is 3. The maximum Gasteiger partial charge on any atom is 0.401 e. The fourth-order valence-corrected chi connectivity index (χ4v) is 2.38. The third-order valence-corrected chi connectivity index (χ3v) is 3.48. The van der Waals surface area contributed by atoms with E-state index >= 15 is 0 Å². The van der Waals surface area contributed by atoms with Gasteiger partial charge in [0.1, 0.15) is 10.8 Å². The second-order valence-corrected chi connectivity index (χ2v) is 4.83. The smallest absolute Gasteiger partial charge is 0.401 e. The van der Waals surface area contributed by atoms with Crippen LogP contribution < -0.4 is 5.73 Å². The van der Waals surface area contributed by atoms with Crippen molar-refractivity contribution in [2.45, 2.75) is 23.1 Å². The quantitative estimate of drug-likeness (QED) is 0.871. The summed E-state index contributed by atoms with van der Waals surface area (Å²) in [6, 6.07) is 6.84. The number of aromatic nitrogens is 1. The van der Waals surface area contributed by atoms with Crippen LogP contribution in [0.25, 0.3) is 11.1 Å². The van der Waals surface area contributed by atoms with Crippen molar-refractivity contribution in [3.8, 4) is 0 Å². The lowest BCUT2D eigenvalue weighted by Gasteiger charge is -2.16. The Kier molecular flexibility index (Phi) is 3.82. The molecule has 2 rings (SSSR count). The van der Waals surface area contributed by atoms with Gasteiger partial charge in [0.15, 0.2) is 5.58 Å². The number of hydrogen-bond donors (Lipinski definition) is 1. The molecule has 7 heteroatoms. The molecule has 1 heterocycles. The molecule has 1 atom stereocenters. The second-order valence-electron chi connectivity index (χ2n) is 3.67. The molecule has 0 aliphatic rings. The van der Waals surface area contributed by atoms with Gasteiger partial charge in [-0.05, 0) is 25.1 Å². The van der Waals surface area contributed by atoms with E-state index in [1.165, 1.54) is 0 Å². The molecule has 18 heavy (non-hydrogen) atoms. The van der Waals surface area contributed by atoms with Crippen LogP contribution in [0.3, 0.4) is 0 Å². The van der Waals surface area contributed by atoms with E-state index in [9.17, 15) is 13.2 Å². The first-order chi connectivity index (χ1) is 8.50. The van der Waals surface area contributed by atoms with E-state index in [1.54, 1.807) is 24.3 Å². The van der Waals surface area contributed by atoms with Crippen LogP contribution in [0, 0.1) is 0 Å². The van der Waals surface area contributed by atoms with Gasteiger partial charge in [0.05, 0.1) is 0 Å². The van der Waals surface area contributed by atoms with Crippen molar-refractivity contribution in [1.82, 2.24) is 4.98 Å². The van der Waals surface area contributed by atoms with Crippen LogP contribution >= 0.6 is 11.8 Å².